The molecule has 0 heterocycles. The Morgan fingerprint density at radius 1 is 0.500 bits per heavy atom. The number of para-hydroxylation sites is 2. The van der Waals surface area contributed by atoms with Gasteiger partial charge in [-0.25, -0.2) is 0 Å². The predicted octanol–water partition coefficient (Wildman–Crippen LogP) is 6.03. The van der Waals surface area contributed by atoms with Gasteiger partial charge < -0.3 is 10.6 Å². The predicted molar refractivity (Wildman–Crippen MR) is 103 cm³/mol. The van der Waals surface area contributed by atoms with E-state index in [1.54, 1.807) is 0 Å². The largest absolute Gasteiger partial charge is 0.377 e. The van der Waals surface area contributed by atoms with Crippen molar-refractivity contribution in [3.8, 4) is 0 Å². The van der Waals surface area contributed by atoms with Crippen LogP contribution in [0.25, 0.3) is 0 Å². The smallest absolute Gasteiger partial charge is 0.0580 e. The van der Waals surface area contributed by atoms with E-state index < -0.39 is 0 Å². The zero-order valence-corrected chi connectivity index (χ0v) is 14.2. The number of anilines is 2. The molecule has 2 N–H and O–H groups in total. The number of rotatable bonds is 6. The molecule has 0 radical (unpaired) electrons. The Labute approximate surface area is 144 Å². The molecule has 0 saturated heterocycles. The van der Waals surface area contributed by atoms with Gasteiger partial charge in [0.2, 0.25) is 0 Å². The third kappa shape index (κ3) is 3.96. The normalized spacial score (nSPS) is 13.1. The van der Waals surface area contributed by atoms with Crippen LogP contribution in [0.4, 0.5) is 11.4 Å². The fraction of sp³-hybridized carbons (Fsp3) is 0.182. The highest BCUT2D eigenvalue weighted by Gasteiger charge is 2.10. The van der Waals surface area contributed by atoms with E-state index in [1.165, 1.54) is 11.1 Å². The molecular weight excluding hydrogens is 292 g/mol. The molecule has 2 heteroatoms. The highest BCUT2D eigenvalue weighted by atomic mass is 15.0. The molecule has 0 amide bonds. The summed E-state index contributed by atoms with van der Waals surface area (Å²) in [7, 11) is 0. The van der Waals surface area contributed by atoms with Crippen molar-refractivity contribution in [2.75, 3.05) is 10.6 Å². The lowest BCUT2D eigenvalue weighted by molar-refractivity contribution is 0.869. The van der Waals surface area contributed by atoms with E-state index in [0.29, 0.717) is 0 Å². The number of hydrogen-bond donors (Lipinski definition) is 2. The second-order valence-corrected chi connectivity index (χ2v) is 6.10. The molecule has 0 bridgehead atoms. The molecule has 0 aliphatic carbocycles. The summed E-state index contributed by atoms with van der Waals surface area (Å²) in [4.78, 5) is 0. The Balaban J connectivity index is 1.76. The third-order valence-electron chi connectivity index (χ3n) is 4.27. The molecule has 0 fully saturated rings. The van der Waals surface area contributed by atoms with Crippen molar-refractivity contribution in [3.63, 3.8) is 0 Å². The van der Waals surface area contributed by atoms with Crippen molar-refractivity contribution in [1.82, 2.24) is 0 Å². The summed E-state index contributed by atoms with van der Waals surface area (Å²) < 4.78 is 0. The van der Waals surface area contributed by atoms with E-state index in [2.05, 4.69) is 97.3 Å². The molecule has 0 aromatic heterocycles. The van der Waals surface area contributed by atoms with Crippen molar-refractivity contribution in [3.05, 3.63) is 96.1 Å². The summed E-state index contributed by atoms with van der Waals surface area (Å²) in [5.41, 5.74) is 4.81. The third-order valence-corrected chi connectivity index (χ3v) is 4.27. The van der Waals surface area contributed by atoms with E-state index in [0.717, 1.165) is 11.4 Å². The summed E-state index contributed by atoms with van der Waals surface area (Å²) in [6.07, 6.45) is 0. The Bertz CT molecular complexity index is 687. The molecule has 0 unspecified atom stereocenters. The average molecular weight is 316 g/mol. The van der Waals surface area contributed by atoms with E-state index in [9.17, 15) is 0 Å². The van der Waals surface area contributed by atoms with Gasteiger partial charge >= 0.3 is 0 Å². The molecule has 3 aromatic rings. The number of hydrogen-bond acceptors (Lipinski definition) is 2. The SMILES string of the molecule is C[C@H](Nc1ccccc1N[C@@H](C)c1ccccc1)c1ccccc1. The van der Waals surface area contributed by atoms with E-state index in [4.69, 9.17) is 0 Å². The van der Waals surface area contributed by atoms with Crippen molar-refractivity contribution >= 4 is 11.4 Å². The van der Waals surface area contributed by atoms with E-state index in [1.807, 2.05) is 12.1 Å². The first-order valence-corrected chi connectivity index (χ1v) is 8.46. The van der Waals surface area contributed by atoms with Crippen LogP contribution in [-0.4, -0.2) is 0 Å². The Kier molecular flexibility index (Phi) is 5.17. The summed E-state index contributed by atoms with van der Waals surface area (Å²) >= 11 is 0. The summed E-state index contributed by atoms with van der Waals surface area (Å²) in [5.74, 6) is 0. The lowest BCUT2D eigenvalue weighted by Gasteiger charge is -2.22. The summed E-state index contributed by atoms with van der Waals surface area (Å²) in [6, 6.07) is 29.9. The topological polar surface area (TPSA) is 24.1 Å². The minimum absolute atomic E-state index is 0.251. The molecule has 0 spiro atoms. The van der Waals surface area contributed by atoms with Crippen LogP contribution in [0.15, 0.2) is 84.9 Å². The quantitative estimate of drug-likeness (QED) is 0.580. The highest BCUT2D eigenvalue weighted by Crippen LogP contribution is 2.29. The molecule has 3 rings (SSSR count). The second kappa shape index (κ2) is 7.69. The van der Waals surface area contributed by atoms with Crippen LogP contribution in [0.2, 0.25) is 0 Å². The first kappa shape index (κ1) is 16.1. The van der Waals surface area contributed by atoms with Gasteiger partial charge in [0.1, 0.15) is 0 Å². The van der Waals surface area contributed by atoms with Crippen molar-refractivity contribution in [2.24, 2.45) is 0 Å². The summed E-state index contributed by atoms with van der Waals surface area (Å²) in [6.45, 7) is 4.37. The molecule has 0 aliphatic heterocycles. The van der Waals surface area contributed by atoms with Gasteiger partial charge in [0.25, 0.3) is 0 Å². The first-order valence-electron chi connectivity index (χ1n) is 8.46. The van der Waals surface area contributed by atoms with Crippen LogP contribution in [0, 0.1) is 0 Å². The van der Waals surface area contributed by atoms with Gasteiger partial charge in [-0.3, -0.25) is 0 Å². The van der Waals surface area contributed by atoms with E-state index >= 15 is 0 Å². The molecule has 2 atom stereocenters. The van der Waals surface area contributed by atoms with Crippen LogP contribution >= 0.6 is 0 Å². The summed E-state index contributed by atoms with van der Waals surface area (Å²) in [5, 5.41) is 7.24. The van der Waals surface area contributed by atoms with Crippen LogP contribution in [0.1, 0.15) is 37.1 Å². The highest BCUT2D eigenvalue weighted by molar-refractivity contribution is 5.69. The van der Waals surface area contributed by atoms with Gasteiger partial charge in [0, 0.05) is 12.1 Å². The monoisotopic (exact) mass is 316 g/mol. The van der Waals surface area contributed by atoms with Crippen molar-refractivity contribution < 1.29 is 0 Å². The fourth-order valence-electron chi connectivity index (χ4n) is 2.85. The van der Waals surface area contributed by atoms with Crippen LogP contribution in [0.5, 0.6) is 0 Å². The number of nitrogens with one attached hydrogen (secondary N) is 2. The van der Waals surface area contributed by atoms with Crippen LogP contribution in [0.3, 0.4) is 0 Å². The Morgan fingerprint density at radius 3 is 1.21 bits per heavy atom. The van der Waals surface area contributed by atoms with Gasteiger partial charge in [-0.2, -0.15) is 0 Å². The van der Waals surface area contributed by atoms with Gasteiger partial charge in [0.05, 0.1) is 11.4 Å². The molecule has 122 valence electrons. The van der Waals surface area contributed by atoms with Crippen molar-refractivity contribution in [2.45, 2.75) is 25.9 Å². The lowest BCUT2D eigenvalue weighted by Crippen LogP contribution is -2.11. The maximum atomic E-state index is 3.62. The molecule has 2 nitrogen and oxygen atoms in total. The zero-order valence-electron chi connectivity index (χ0n) is 14.2. The van der Waals surface area contributed by atoms with Crippen LogP contribution < -0.4 is 10.6 Å². The van der Waals surface area contributed by atoms with Gasteiger partial charge in [-0.1, -0.05) is 72.8 Å². The molecular formula is C22H24N2. The lowest BCUT2D eigenvalue weighted by atomic mass is 10.1. The standard InChI is InChI=1S/C22H24N2/c1-17(19-11-5-3-6-12-19)23-21-15-9-10-16-22(21)24-18(2)20-13-7-4-8-14-20/h3-18,23-24H,1-2H3/t17-,18-/m0/s1. The second-order valence-electron chi connectivity index (χ2n) is 6.10. The van der Waals surface area contributed by atoms with E-state index in [-0.39, 0.29) is 12.1 Å². The molecule has 24 heavy (non-hydrogen) atoms. The minimum atomic E-state index is 0.251. The Hall–Kier alpha value is -2.74. The zero-order chi connectivity index (χ0) is 16.8. The molecule has 0 aliphatic rings. The van der Waals surface area contributed by atoms with Crippen molar-refractivity contribution in [1.29, 1.82) is 0 Å². The average Bonchev–Trinajstić information content (AvgIpc) is 2.64. The van der Waals surface area contributed by atoms with Gasteiger partial charge in [-0.15, -0.1) is 0 Å². The van der Waals surface area contributed by atoms with Crippen LogP contribution in [-0.2, 0) is 0 Å². The Morgan fingerprint density at radius 2 is 0.833 bits per heavy atom. The minimum Gasteiger partial charge on any atom is -0.377 e. The fourth-order valence-corrected chi connectivity index (χ4v) is 2.85. The number of benzene rings is 3. The maximum absolute atomic E-state index is 3.62. The van der Waals surface area contributed by atoms with Gasteiger partial charge in [0.15, 0.2) is 0 Å². The van der Waals surface area contributed by atoms with Gasteiger partial charge in [-0.05, 0) is 37.1 Å². The molecule has 3 aromatic carbocycles. The molecule has 0 saturated carbocycles. The maximum Gasteiger partial charge on any atom is 0.0580 e. The first-order chi connectivity index (χ1) is 11.7.